The van der Waals surface area contributed by atoms with Gasteiger partial charge in [0.15, 0.2) is 0 Å². The summed E-state index contributed by atoms with van der Waals surface area (Å²) < 4.78 is 9.87. The maximum Gasteiger partial charge on any atom is 0.329 e. The van der Waals surface area contributed by atoms with Crippen LogP contribution in [0.25, 0.3) is 0 Å². The Hall–Kier alpha value is 0.230. The first-order valence-corrected chi connectivity index (χ1v) is 9.34. The molecule has 1 aliphatic heterocycles. The molecule has 0 amide bonds. The smallest absolute Gasteiger partial charge is 0.329 e. The molecule has 128 valence electrons. The fraction of sp³-hybridized carbons (Fsp3) is 1.00. The summed E-state index contributed by atoms with van der Waals surface area (Å²) in [7, 11) is 0.469. The van der Waals surface area contributed by atoms with Crippen LogP contribution >= 0.6 is 8.60 Å². The van der Waals surface area contributed by atoms with E-state index >= 15 is 0 Å². The molecule has 2 N–H and O–H groups in total. The molecule has 0 saturated carbocycles. The zero-order chi connectivity index (χ0) is 15.9. The summed E-state index contributed by atoms with van der Waals surface area (Å²) in [5.41, 5.74) is 0. The highest BCUT2D eigenvalue weighted by Crippen LogP contribution is 2.32. The molecule has 2 atom stereocenters. The number of likely N-dealkylation sites (tertiary alicyclic amines) is 1. The van der Waals surface area contributed by atoms with Gasteiger partial charge in [-0.2, -0.15) is 0 Å². The van der Waals surface area contributed by atoms with Crippen LogP contribution in [-0.2, 0) is 9.05 Å². The van der Waals surface area contributed by atoms with Gasteiger partial charge in [0.2, 0.25) is 0 Å². The second-order valence-corrected chi connectivity index (χ2v) is 6.43. The molecule has 1 saturated heterocycles. The van der Waals surface area contributed by atoms with Crippen LogP contribution in [0, 0.1) is 0 Å². The second kappa shape index (κ2) is 15.1. The molecule has 0 spiro atoms. The van der Waals surface area contributed by atoms with Crippen LogP contribution in [0.2, 0.25) is 0 Å². The summed E-state index contributed by atoms with van der Waals surface area (Å²) in [5, 5.41) is 9.50. The monoisotopic (exact) mass is 323 g/mol. The summed E-state index contributed by atoms with van der Waals surface area (Å²) in [5.74, 6) is 0. The van der Waals surface area contributed by atoms with E-state index in [1.54, 1.807) is 0 Å². The van der Waals surface area contributed by atoms with Gasteiger partial charge in [0.1, 0.15) is 0 Å². The van der Waals surface area contributed by atoms with Crippen molar-refractivity contribution < 1.29 is 19.0 Å². The van der Waals surface area contributed by atoms with E-state index in [0.29, 0.717) is 13.2 Å². The summed E-state index contributed by atoms with van der Waals surface area (Å²) in [6.07, 6.45) is 7.12. The Labute approximate surface area is 131 Å². The lowest BCUT2D eigenvalue weighted by Crippen LogP contribution is -2.10. The third-order valence-corrected chi connectivity index (χ3v) is 4.23. The van der Waals surface area contributed by atoms with Crippen molar-refractivity contribution in [2.75, 3.05) is 33.4 Å². The number of unbranched alkanes of at least 4 members (excludes halogenated alkanes) is 1. The number of aliphatic hydroxyl groups excluding tert-OH is 1. The SMILES string of the molecule is CCCCC(O)CCCOP(O)OCC.CN1CCCC1. The van der Waals surface area contributed by atoms with Crippen LogP contribution in [0.1, 0.15) is 58.8 Å². The van der Waals surface area contributed by atoms with Gasteiger partial charge < -0.3 is 23.9 Å². The topological polar surface area (TPSA) is 62.2 Å². The average Bonchev–Trinajstić information content (AvgIpc) is 2.93. The Bertz CT molecular complexity index is 216. The average molecular weight is 323 g/mol. The summed E-state index contributed by atoms with van der Waals surface area (Å²) in [6.45, 7) is 7.47. The van der Waals surface area contributed by atoms with Crippen molar-refractivity contribution in [1.82, 2.24) is 4.90 Å². The lowest BCUT2D eigenvalue weighted by Gasteiger charge is -2.11. The fourth-order valence-electron chi connectivity index (χ4n) is 2.07. The van der Waals surface area contributed by atoms with E-state index in [0.717, 1.165) is 32.1 Å². The van der Waals surface area contributed by atoms with Gasteiger partial charge in [-0.25, -0.2) is 0 Å². The molecule has 0 aromatic rings. The molecular weight excluding hydrogens is 289 g/mol. The number of nitrogens with zero attached hydrogens (tertiary/aromatic N) is 1. The predicted octanol–water partition coefficient (Wildman–Crippen LogP) is 3.30. The van der Waals surface area contributed by atoms with Gasteiger partial charge in [-0.3, -0.25) is 0 Å². The molecule has 1 aliphatic rings. The molecule has 0 aromatic carbocycles. The van der Waals surface area contributed by atoms with E-state index in [1.807, 2.05) is 6.92 Å². The first-order chi connectivity index (χ1) is 10.1. The van der Waals surface area contributed by atoms with E-state index in [2.05, 4.69) is 18.9 Å². The van der Waals surface area contributed by atoms with Crippen molar-refractivity contribution in [3.63, 3.8) is 0 Å². The van der Waals surface area contributed by atoms with Gasteiger partial charge >= 0.3 is 8.60 Å². The Morgan fingerprint density at radius 3 is 2.19 bits per heavy atom. The number of rotatable bonds is 10. The van der Waals surface area contributed by atoms with E-state index in [9.17, 15) is 5.11 Å². The van der Waals surface area contributed by atoms with Crippen LogP contribution in [-0.4, -0.2) is 54.4 Å². The highest BCUT2D eigenvalue weighted by atomic mass is 31.2. The van der Waals surface area contributed by atoms with Crippen molar-refractivity contribution in [3.8, 4) is 0 Å². The van der Waals surface area contributed by atoms with Crippen molar-refractivity contribution in [3.05, 3.63) is 0 Å². The van der Waals surface area contributed by atoms with Gasteiger partial charge in [-0.15, -0.1) is 0 Å². The lowest BCUT2D eigenvalue weighted by molar-refractivity contribution is 0.135. The van der Waals surface area contributed by atoms with E-state index in [1.165, 1.54) is 25.9 Å². The third kappa shape index (κ3) is 14.9. The Kier molecular flexibility index (Phi) is 15.3. The third-order valence-electron chi connectivity index (χ3n) is 3.34. The van der Waals surface area contributed by atoms with Crippen LogP contribution in [0.3, 0.4) is 0 Å². The molecule has 0 aromatic heterocycles. The summed E-state index contributed by atoms with van der Waals surface area (Å²) in [4.78, 5) is 11.5. The first kappa shape index (κ1) is 21.2. The quantitative estimate of drug-likeness (QED) is 0.477. The molecule has 0 radical (unpaired) electrons. The molecule has 5 nitrogen and oxygen atoms in total. The maximum atomic E-state index is 9.50. The Balaban J connectivity index is 0.000000547. The lowest BCUT2D eigenvalue weighted by atomic mass is 10.1. The zero-order valence-electron chi connectivity index (χ0n) is 14.0. The van der Waals surface area contributed by atoms with Gasteiger partial charge in [-0.05, 0) is 59.2 Å². The Morgan fingerprint density at radius 2 is 1.71 bits per heavy atom. The largest absolute Gasteiger partial charge is 0.393 e. The molecule has 6 heteroatoms. The minimum atomic E-state index is -1.70. The van der Waals surface area contributed by atoms with Crippen molar-refractivity contribution in [2.45, 2.75) is 64.9 Å². The zero-order valence-corrected chi connectivity index (χ0v) is 14.9. The molecular formula is C15H34NO4P. The van der Waals surface area contributed by atoms with E-state index in [-0.39, 0.29) is 6.10 Å². The predicted molar refractivity (Wildman–Crippen MR) is 88.2 cm³/mol. The van der Waals surface area contributed by atoms with E-state index < -0.39 is 8.60 Å². The van der Waals surface area contributed by atoms with Crippen molar-refractivity contribution >= 4 is 8.60 Å². The Morgan fingerprint density at radius 1 is 1.10 bits per heavy atom. The van der Waals surface area contributed by atoms with Gasteiger partial charge in [0.05, 0.1) is 19.3 Å². The van der Waals surface area contributed by atoms with Crippen molar-refractivity contribution in [1.29, 1.82) is 0 Å². The molecule has 2 unspecified atom stereocenters. The molecule has 1 rings (SSSR count). The summed E-state index contributed by atoms with van der Waals surface area (Å²) >= 11 is 0. The van der Waals surface area contributed by atoms with Crippen LogP contribution in [0.15, 0.2) is 0 Å². The normalized spacial score (nSPS) is 18.1. The minimum absolute atomic E-state index is 0.231. The fourth-order valence-corrected chi connectivity index (χ4v) is 2.65. The number of aliphatic hydroxyl groups is 1. The maximum absolute atomic E-state index is 9.50. The van der Waals surface area contributed by atoms with E-state index in [4.69, 9.17) is 13.9 Å². The highest BCUT2D eigenvalue weighted by Gasteiger charge is 2.07. The van der Waals surface area contributed by atoms with Crippen LogP contribution < -0.4 is 0 Å². The summed E-state index contributed by atoms with van der Waals surface area (Å²) in [6, 6.07) is 0. The van der Waals surface area contributed by atoms with Gasteiger partial charge in [-0.1, -0.05) is 19.8 Å². The minimum Gasteiger partial charge on any atom is -0.393 e. The molecule has 0 aliphatic carbocycles. The number of hydrogen-bond donors (Lipinski definition) is 2. The molecule has 1 fully saturated rings. The second-order valence-electron chi connectivity index (χ2n) is 5.44. The molecule has 1 heterocycles. The van der Waals surface area contributed by atoms with Gasteiger partial charge in [0.25, 0.3) is 0 Å². The highest BCUT2D eigenvalue weighted by molar-refractivity contribution is 7.40. The number of hydrogen-bond acceptors (Lipinski definition) is 5. The van der Waals surface area contributed by atoms with Gasteiger partial charge in [0, 0.05) is 0 Å². The first-order valence-electron chi connectivity index (χ1n) is 8.21. The van der Waals surface area contributed by atoms with Crippen LogP contribution in [0.4, 0.5) is 0 Å². The van der Waals surface area contributed by atoms with Crippen molar-refractivity contribution in [2.24, 2.45) is 0 Å². The molecule has 21 heavy (non-hydrogen) atoms. The van der Waals surface area contributed by atoms with Crippen LogP contribution in [0.5, 0.6) is 0 Å². The molecule has 0 bridgehead atoms. The standard InChI is InChI=1S/C10H23O4P.C5H11N/c1-3-5-7-10(11)8-6-9-14-15(12)13-4-2;1-6-4-2-3-5-6/h10-12H,3-9H2,1-2H3;2-5H2,1H3.